The zero-order valence-corrected chi connectivity index (χ0v) is 12.7. The van der Waals surface area contributed by atoms with E-state index in [1.807, 2.05) is 6.92 Å². The summed E-state index contributed by atoms with van der Waals surface area (Å²) >= 11 is 0. The maximum atomic E-state index is 11.9. The molecule has 6 heteroatoms. The topological polar surface area (TPSA) is 97.0 Å². The Balaban J connectivity index is 2.40. The number of aliphatic carboxylic acids is 1. The Morgan fingerprint density at radius 3 is 2.87 bits per heavy atom. The minimum absolute atomic E-state index is 0.00365. The second-order valence-corrected chi connectivity index (χ2v) is 4.94. The number of allylic oxidation sites excluding steroid dienone is 1. The summed E-state index contributed by atoms with van der Waals surface area (Å²) in [6.07, 6.45) is 4.31. The molecule has 0 unspecified atom stereocenters. The summed E-state index contributed by atoms with van der Waals surface area (Å²) in [5.74, 6) is -0.748. The van der Waals surface area contributed by atoms with E-state index in [2.05, 4.69) is 0 Å². The summed E-state index contributed by atoms with van der Waals surface area (Å²) in [5.41, 5.74) is -0.333. The molecule has 0 spiro atoms. The Morgan fingerprint density at radius 2 is 2.17 bits per heavy atom. The zero-order chi connectivity index (χ0) is 16.8. The summed E-state index contributed by atoms with van der Waals surface area (Å²) in [6, 6.07) is 4.84. The van der Waals surface area contributed by atoms with Gasteiger partial charge in [-0.05, 0) is 31.1 Å². The Kier molecular flexibility index (Phi) is 5.41. The molecule has 0 saturated carbocycles. The fourth-order valence-corrected chi connectivity index (χ4v) is 2.12. The van der Waals surface area contributed by atoms with Gasteiger partial charge < -0.3 is 19.4 Å². The molecule has 6 nitrogen and oxygen atoms in total. The van der Waals surface area contributed by atoms with Crippen LogP contribution in [0.2, 0.25) is 0 Å². The molecule has 0 aliphatic heterocycles. The standard InChI is InChI=1S/C17H18O6/c1-2-3-6-11-16(20)15-12(22-10-5-9-14(18)19)7-4-8-13(15)23-17(11)21/h3-4,6-8,20H,2,5,9-10H2,1H3,(H,18,19). The second kappa shape index (κ2) is 7.49. The maximum absolute atomic E-state index is 11.9. The monoisotopic (exact) mass is 318 g/mol. The summed E-state index contributed by atoms with van der Waals surface area (Å²) in [7, 11) is 0. The van der Waals surface area contributed by atoms with Gasteiger partial charge in [0.25, 0.3) is 0 Å². The molecule has 1 aromatic carbocycles. The average molecular weight is 318 g/mol. The van der Waals surface area contributed by atoms with Crippen molar-refractivity contribution in [1.29, 1.82) is 0 Å². The number of rotatable bonds is 7. The number of carboxylic acid groups (broad SMARTS) is 1. The molecule has 1 heterocycles. The molecule has 0 atom stereocenters. The van der Waals surface area contributed by atoms with Gasteiger partial charge in [0.15, 0.2) is 0 Å². The van der Waals surface area contributed by atoms with E-state index in [1.165, 1.54) is 6.08 Å². The van der Waals surface area contributed by atoms with Gasteiger partial charge in [-0.2, -0.15) is 0 Å². The van der Waals surface area contributed by atoms with Crippen molar-refractivity contribution < 1.29 is 24.2 Å². The molecular formula is C17H18O6. The van der Waals surface area contributed by atoms with Crippen LogP contribution in [-0.2, 0) is 4.79 Å². The van der Waals surface area contributed by atoms with E-state index >= 15 is 0 Å². The van der Waals surface area contributed by atoms with Gasteiger partial charge in [-0.3, -0.25) is 4.79 Å². The van der Waals surface area contributed by atoms with Crippen molar-refractivity contribution in [2.45, 2.75) is 26.2 Å². The Hall–Kier alpha value is -2.76. The van der Waals surface area contributed by atoms with Crippen molar-refractivity contribution in [2.24, 2.45) is 0 Å². The quantitative estimate of drug-likeness (QED) is 0.601. The SMILES string of the molecule is CCC=Cc1c(O)c2c(OCCCC(=O)O)cccc2oc1=O. The third-order valence-electron chi connectivity index (χ3n) is 3.22. The molecule has 0 amide bonds. The normalized spacial score (nSPS) is 11.2. The van der Waals surface area contributed by atoms with Crippen LogP contribution in [0, 0.1) is 0 Å². The van der Waals surface area contributed by atoms with Crippen molar-refractivity contribution in [2.75, 3.05) is 6.61 Å². The molecule has 1 aromatic heterocycles. The highest BCUT2D eigenvalue weighted by Crippen LogP contribution is 2.34. The molecule has 2 N–H and O–H groups in total. The second-order valence-electron chi connectivity index (χ2n) is 4.94. The highest BCUT2D eigenvalue weighted by molar-refractivity contribution is 5.92. The van der Waals surface area contributed by atoms with E-state index in [1.54, 1.807) is 24.3 Å². The minimum Gasteiger partial charge on any atom is -0.506 e. The van der Waals surface area contributed by atoms with E-state index in [-0.39, 0.29) is 29.9 Å². The van der Waals surface area contributed by atoms with E-state index in [0.29, 0.717) is 24.0 Å². The van der Waals surface area contributed by atoms with Gasteiger partial charge in [0.1, 0.15) is 28.0 Å². The molecule has 122 valence electrons. The fraction of sp³-hybridized carbons (Fsp3) is 0.294. The third-order valence-corrected chi connectivity index (χ3v) is 3.22. The molecule has 23 heavy (non-hydrogen) atoms. The highest BCUT2D eigenvalue weighted by atomic mass is 16.5. The van der Waals surface area contributed by atoms with Gasteiger partial charge in [-0.1, -0.05) is 19.1 Å². The molecule has 0 aliphatic rings. The van der Waals surface area contributed by atoms with Gasteiger partial charge >= 0.3 is 11.6 Å². The van der Waals surface area contributed by atoms with Gasteiger partial charge in [0.05, 0.1) is 6.61 Å². The van der Waals surface area contributed by atoms with Gasteiger partial charge in [-0.25, -0.2) is 4.79 Å². The van der Waals surface area contributed by atoms with Crippen molar-refractivity contribution in [3.05, 3.63) is 40.3 Å². The summed E-state index contributed by atoms with van der Waals surface area (Å²) in [5, 5.41) is 19.3. The number of carbonyl (C=O) groups is 1. The van der Waals surface area contributed by atoms with Crippen LogP contribution in [-0.4, -0.2) is 22.8 Å². The van der Waals surface area contributed by atoms with Crippen LogP contribution in [0.25, 0.3) is 17.0 Å². The van der Waals surface area contributed by atoms with Crippen molar-refractivity contribution in [1.82, 2.24) is 0 Å². The van der Waals surface area contributed by atoms with E-state index < -0.39 is 11.6 Å². The predicted octanol–water partition coefficient (Wildman–Crippen LogP) is 3.17. The predicted molar refractivity (Wildman–Crippen MR) is 85.8 cm³/mol. The molecule has 0 bridgehead atoms. The smallest absolute Gasteiger partial charge is 0.347 e. The van der Waals surface area contributed by atoms with Gasteiger partial charge in [0.2, 0.25) is 0 Å². The van der Waals surface area contributed by atoms with Crippen LogP contribution < -0.4 is 10.4 Å². The van der Waals surface area contributed by atoms with E-state index in [4.69, 9.17) is 14.3 Å². The number of ether oxygens (including phenoxy) is 1. The zero-order valence-electron chi connectivity index (χ0n) is 12.7. The molecular weight excluding hydrogens is 300 g/mol. The highest BCUT2D eigenvalue weighted by Gasteiger charge is 2.15. The molecule has 2 rings (SSSR count). The number of hydrogen-bond acceptors (Lipinski definition) is 5. The first-order chi connectivity index (χ1) is 11.0. The molecule has 0 fully saturated rings. The average Bonchev–Trinajstić information content (AvgIpc) is 2.51. The van der Waals surface area contributed by atoms with Crippen molar-refractivity contribution in [3.8, 4) is 11.5 Å². The van der Waals surface area contributed by atoms with Crippen LogP contribution in [0.1, 0.15) is 31.7 Å². The molecule has 0 radical (unpaired) electrons. The lowest BCUT2D eigenvalue weighted by Gasteiger charge is -2.10. The van der Waals surface area contributed by atoms with Gasteiger partial charge in [0, 0.05) is 6.42 Å². The summed E-state index contributed by atoms with van der Waals surface area (Å²) in [4.78, 5) is 22.4. The Bertz CT molecular complexity index is 788. The van der Waals surface area contributed by atoms with Crippen molar-refractivity contribution >= 4 is 23.0 Å². The lowest BCUT2D eigenvalue weighted by molar-refractivity contribution is -0.137. The first-order valence-corrected chi connectivity index (χ1v) is 7.34. The first-order valence-electron chi connectivity index (χ1n) is 7.34. The largest absolute Gasteiger partial charge is 0.506 e. The lowest BCUT2D eigenvalue weighted by Crippen LogP contribution is -2.05. The minimum atomic E-state index is -0.896. The molecule has 2 aromatic rings. The van der Waals surface area contributed by atoms with E-state index in [0.717, 1.165) is 0 Å². The number of carboxylic acids is 1. The molecule has 0 saturated heterocycles. The lowest BCUT2D eigenvalue weighted by atomic mass is 10.1. The van der Waals surface area contributed by atoms with Crippen molar-refractivity contribution in [3.63, 3.8) is 0 Å². The van der Waals surface area contributed by atoms with Crippen LogP contribution in [0.5, 0.6) is 11.5 Å². The fourth-order valence-electron chi connectivity index (χ4n) is 2.12. The Labute approximate surface area is 132 Å². The van der Waals surface area contributed by atoms with Gasteiger partial charge in [-0.15, -0.1) is 0 Å². The number of fused-ring (bicyclic) bond motifs is 1. The number of benzene rings is 1. The molecule has 0 aliphatic carbocycles. The first kappa shape index (κ1) is 16.6. The Morgan fingerprint density at radius 1 is 1.39 bits per heavy atom. The van der Waals surface area contributed by atoms with Crippen LogP contribution in [0.4, 0.5) is 0 Å². The summed E-state index contributed by atoms with van der Waals surface area (Å²) < 4.78 is 10.8. The van der Waals surface area contributed by atoms with E-state index in [9.17, 15) is 14.7 Å². The van der Waals surface area contributed by atoms with Crippen LogP contribution in [0.15, 0.2) is 33.5 Å². The van der Waals surface area contributed by atoms with Crippen LogP contribution >= 0.6 is 0 Å². The third kappa shape index (κ3) is 3.91. The number of aromatic hydroxyl groups is 1. The number of hydrogen-bond donors (Lipinski definition) is 2. The summed E-state index contributed by atoms with van der Waals surface area (Å²) in [6.45, 7) is 2.09. The maximum Gasteiger partial charge on any atom is 0.347 e. The van der Waals surface area contributed by atoms with Crippen LogP contribution in [0.3, 0.4) is 0 Å².